The van der Waals surface area contributed by atoms with Crippen LogP contribution in [0.4, 0.5) is 28.0 Å². The highest BCUT2D eigenvalue weighted by molar-refractivity contribution is 9.10. The third-order valence-corrected chi connectivity index (χ3v) is 5.55. The van der Waals surface area contributed by atoms with Gasteiger partial charge in [-0.15, -0.1) is 0 Å². The number of nitrogens with zero attached hydrogens (tertiary/aromatic N) is 2. The number of rotatable bonds is 5. The van der Waals surface area contributed by atoms with E-state index in [1.165, 1.54) is 6.92 Å². The standard InChI is InChI=1S/C18H16BrF4N3O5S/c1-4-31-15(28)8(2)32-16(29)24-11-6-12(10(20)5-9(11)19)26-14(27)7-13(18(21,22)23)25(3)17(26)30/h5-8H,4H2,1-3H3,(H,24,29). The highest BCUT2D eigenvalue weighted by atomic mass is 79.9. The van der Waals surface area contributed by atoms with Gasteiger partial charge in [0.05, 0.1) is 18.0 Å². The lowest BCUT2D eigenvalue weighted by molar-refractivity contribution is -0.144. The lowest BCUT2D eigenvalue weighted by Crippen LogP contribution is -2.41. The van der Waals surface area contributed by atoms with Crippen LogP contribution in [0.1, 0.15) is 19.5 Å². The number of carbonyl (C=O) groups excluding carboxylic acids is 2. The molecule has 0 saturated carbocycles. The van der Waals surface area contributed by atoms with Gasteiger partial charge in [-0.2, -0.15) is 13.2 Å². The van der Waals surface area contributed by atoms with E-state index in [2.05, 4.69) is 21.2 Å². The first-order chi connectivity index (χ1) is 14.8. The average Bonchev–Trinajstić information content (AvgIpc) is 2.67. The van der Waals surface area contributed by atoms with Crippen LogP contribution < -0.4 is 16.6 Å². The fourth-order valence-corrected chi connectivity index (χ4v) is 3.60. The van der Waals surface area contributed by atoms with E-state index in [1.807, 2.05) is 0 Å². The molecule has 1 aromatic heterocycles. The number of nitrogens with one attached hydrogen (secondary N) is 1. The molecule has 0 aliphatic heterocycles. The Labute approximate surface area is 190 Å². The second-order valence-electron chi connectivity index (χ2n) is 6.25. The smallest absolute Gasteiger partial charge is 0.431 e. The zero-order valence-electron chi connectivity index (χ0n) is 16.8. The first-order valence-electron chi connectivity index (χ1n) is 8.81. The minimum Gasteiger partial charge on any atom is -0.465 e. The Morgan fingerprint density at radius 1 is 1.25 bits per heavy atom. The largest absolute Gasteiger partial charge is 0.465 e. The third-order valence-electron chi connectivity index (χ3n) is 4.03. The highest BCUT2D eigenvalue weighted by Crippen LogP contribution is 2.30. The maximum absolute atomic E-state index is 14.5. The van der Waals surface area contributed by atoms with Gasteiger partial charge >= 0.3 is 17.8 Å². The normalized spacial score (nSPS) is 12.4. The third kappa shape index (κ3) is 5.59. The van der Waals surface area contributed by atoms with Gasteiger partial charge in [0.15, 0.2) is 0 Å². The van der Waals surface area contributed by atoms with Gasteiger partial charge in [0.1, 0.15) is 16.8 Å². The SMILES string of the molecule is CCOC(=O)C(C)SC(=O)Nc1cc(-n2c(=O)cc(C(F)(F)F)n(C)c2=O)c(F)cc1Br. The minimum atomic E-state index is -4.98. The molecule has 8 nitrogen and oxygen atoms in total. The number of benzene rings is 1. The average molecular weight is 542 g/mol. The van der Waals surface area contributed by atoms with Gasteiger partial charge < -0.3 is 10.1 Å². The summed E-state index contributed by atoms with van der Waals surface area (Å²) < 4.78 is 58.8. The number of thioether (sulfide) groups is 1. The fraction of sp³-hybridized carbons (Fsp3) is 0.333. The van der Waals surface area contributed by atoms with Crippen molar-refractivity contribution in [3.8, 4) is 5.69 Å². The molecule has 1 atom stereocenters. The zero-order valence-corrected chi connectivity index (χ0v) is 19.2. The molecule has 0 bridgehead atoms. The predicted octanol–water partition coefficient (Wildman–Crippen LogP) is 3.67. The fourth-order valence-electron chi connectivity index (χ4n) is 2.53. The van der Waals surface area contributed by atoms with Crippen LogP contribution in [0.2, 0.25) is 0 Å². The molecule has 14 heteroatoms. The number of hydrogen-bond donors (Lipinski definition) is 1. The zero-order chi connectivity index (χ0) is 24.4. The first kappa shape index (κ1) is 25.6. The molecule has 0 saturated heterocycles. The van der Waals surface area contributed by atoms with E-state index in [4.69, 9.17) is 4.74 Å². The maximum Gasteiger partial charge on any atom is 0.431 e. The van der Waals surface area contributed by atoms with Crippen molar-refractivity contribution in [2.24, 2.45) is 7.05 Å². The summed E-state index contributed by atoms with van der Waals surface area (Å²) in [5, 5.41) is 0.761. The van der Waals surface area contributed by atoms with Gasteiger partial charge in [-0.25, -0.2) is 13.8 Å². The second-order valence-corrected chi connectivity index (χ2v) is 8.42. The van der Waals surface area contributed by atoms with Crippen LogP contribution in [0.15, 0.2) is 32.3 Å². The molecule has 1 amide bonds. The quantitative estimate of drug-likeness (QED) is 0.458. The Kier molecular flexibility index (Phi) is 7.93. The Morgan fingerprint density at radius 2 is 1.88 bits per heavy atom. The molecular weight excluding hydrogens is 526 g/mol. The molecule has 174 valence electrons. The van der Waals surface area contributed by atoms with Gasteiger partial charge in [-0.05, 0) is 53.7 Å². The van der Waals surface area contributed by atoms with Crippen LogP contribution >= 0.6 is 27.7 Å². The number of anilines is 1. The number of alkyl halides is 3. The maximum atomic E-state index is 14.5. The van der Waals surface area contributed by atoms with E-state index in [9.17, 15) is 36.7 Å². The van der Waals surface area contributed by atoms with Crippen LogP contribution in [-0.4, -0.2) is 32.2 Å². The van der Waals surface area contributed by atoms with E-state index < -0.39 is 51.1 Å². The number of hydrogen-bond acceptors (Lipinski definition) is 6. The Bertz CT molecular complexity index is 1180. The number of carbonyl (C=O) groups is 2. The number of ether oxygens (including phenoxy) is 1. The van der Waals surface area contributed by atoms with Crippen molar-refractivity contribution >= 4 is 44.6 Å². The van der Waals surface area contributed by atoms with E-state index in [1.54, 1.807) is 6.92 Å². The summed E-state index contributed by atoms with van der Waals surface area (Å²) in [5.41, 5.74) is -5.12. The van der Waals surface area contributed by atoms with Crippen molar-refractivity contribution in [3.05, 3.63) is 55.0 Å². The lowest BCUT2D eigenvalue weighted by atomic mass is 10.2. The van der Waals surface area contributed by atoms with E-state index in [0.717, 1.165) is 19.2 Å². The molecule has 2 rings (SSSR count). The van der Waals surface area contributed by atoms with Crippen molar-refractivity contribution < 1.29 is 31.9 Å². The summed E-state index contributed by atoms with van der Waals surface area (Å²) in [6.07, 6.45) is -4.98. The monoisotopic (exact) mass is 541 g/mol. The molecular formula is C18H16BrF4N3O5S. The van der Waals surface area contributed by atoms with Gasteiger partial charge in [-0.3, -0.25) is 19.0 Å². The molecule has 0 aliphatic carbocycles. The molecule has 1 heterocycles. The summed E-state index contributed by atoms with van der Waals surface area (Å²) >= 11 is 3.59. The molecule has 0 radical (unpaired) electrons. The molecule has 1 unspecified atom stereocenters. The molecule has 32 heavy (non-hydrogen) atoms. The summed E-state index contributed by atoms with van der Waals surface area (Å²) in [7, 11) is 0.786. The van der Waals surface area contributed by atoms with Crippen LogP contribution in [0, 0.1) is 5.82 Å². The Morgan fingerprint density at radius 3 is 2.44 bits per heavy atom. The van der Waals surface area contributed by atoms with E-state index >= 15 is 0 Å². The summed E-state index contributed by atoms with van der Waals surface area (Å²) in [6.45, 7) is 3.15. The first-order valence-corrected chi connectivity index (χ1v) is 10.5. The molecule has 1 N–H and O–H groups in total. The molecule has 0 aliphatic rings. The highest BCUT2D eigenvalue weighted by Gasteiger charge is 2.35. The Balaban J connectivity index is 2.47. The topological polar surface area (TPSA) is 99.4 Å². The number of halogens is 5. The number of esters is 1. The molecule has 1 aromatic carbocycles. The molecule has 2 aromatic rings. The van der Waals surface area contributed by atoms with Crippen molar-refractivity contribution in [1.82, 2.24) is 9.13 Å². The van der Waals surface area contributed by atoms with Gasteiger partial charge in [0.2, 0.25) is 0 Å². The lowest BCUT2D eigenvalue weighted by Gasteiger charge is -2.16. The van der Waals surface area contributed by atoms with E-state index in [-0.39, 0.29) is 32.0 Å². The second kappa shape index (κ2) is 9.90. The van der Waals surface area contributed by atoms with Crippen LogP contribution in [-0.2, 0) is 22.8 Å². The summed E-state index contributed by atoms with van der Waals surface area (Å²) in [5.74, 6) is -1.74. The van der Waals surface area contributed by atoms with E-state index in [0.29, 0.717) is 11.8 Å². The van der Waals surface area contributed by atoms with Gasteiger partial charge in [0, 0.05) is 17.6 Å². The van der Waals surface area contributed by atoms with Crippen LogP contribution in [0.3, 0.4) is 0 Å². The van der Waals surface area contributed by atoms with Gasteiger partial charge in [-0.1, -0.05) is 0 Å². The van der Waals surface area contributed by atoms with Crippen molar-refractivity contribution in [2.75, 3.05) is 11.9 Å². The van der Waals surface area contributed by atoms with Crippen molar-refractivity contribution in [1.29, 1.82) is 0 Å². The van der Waals surface area contributed by atoms with Crippen LogP contribution in [0.5, 0.6) is 0 Å². The van der Waals surface area contributed by atoms with Crippen LogP contribution in [0.25, 0.3) is 5.69 Å². The predicted molar refractivity (Wildman–Crippen MR) is 113 cm³/mol. The minimum absolute atomic E-state index is 0.0215. The molecule has 0 fully saturated rings. The Hall–Kier alpha value is -2.61. The van der Waals surface area contributed by atoms with Crippen molar-refractivity contribution in [2.45, 2.75) is 25.3 Å². The number of amides is 1. The number of aromatic nitrogens is 2. The van der Waals surface area contributed by atoms with Crippen molar-refractivity contribution in [3.63, 3.8) is 0 Å². The van der Waals surface area contributed by atoms with Gasteiger partial charge in [0.25, 0.3) is 10.8 Å². The summed E-state index contributed by atoms with van der Waals surface area (Å²) in [6, 6.07) is 1.90. The summed E-state index contributed by atoms with van der Waals surface area (Å²) in [4.78, 5) is 48.5. The molecule has 0 spiro atoms.